The maximum absolute atomic E-state index is 12.0. The number of hydrogen-bond acceptors (Lipinski definition) is 2. The summed E-state index contributed by atoms with van der Waals surface area (Å²) >= 11 is 3.29. The number of nitrogens with zero attached hydrogens (tertiary/aromatic N) is 2. The second-order valence-corrected chi connectivity index (χ2v) is 4.38. The smallest absolute Gasteiger partial charge is 0.359 e. The third-order valence-electron chi connectivity index (χ3n) is 2.13. The maximum atomic E-state index is 12.0. The van der Waals surface area contributed by atoms with Gasteiger partial charge in [0.25, 0.3) is 0 Å². The number of pyridine rings is 1. The van der Waals surface area contributed by atoms with Crippen LogP contribution in [0.2, 0.25) is 0 Å². The van der Waals surface area contributed by atoms with E-state index in [9.17, 15) is 13.2 Å². The van der Waals surface area contributed by atoms with Crippen LogP contribution in [0.25, 0.3) is 0 Å². The van der Waals surface area contributed by atoms with Gasteiger partial charge < -0.3 is 4.90 Å². The minimum absolute atomic E-state index is 0.0857. The fraction of sp³-hybridized carbons (Fsp3) is 0.500. The van der Waals surface area contributed by atoms with Gasteiger partial charge >= 0.3 is 6.18 Å². The van der Waals surface area contributed by atoms with Crippen LogP contribution in [-0.2, 0) is 0 Å². The van der Waals surface area contributed by atoms with Crippen LogP contribution < -0.4 is 4.90 Å². The first-order chi connectivity index (χ1) is 7.29. The van der Waals surface area contributed by atoms with Crippen LogP contribution in [0.5, 0.6) is 0 Å². The Morgan fingerprint density at radius 3 is 2.50 bits per heavy atom. The summed E-state index contributed by atoms with van der Waals surface area (Å²) in [6, 6.07) is 3.47. The van der Waals surface area contributed by atoms with Gasteiger partial charge in [0.2, 0.25) is 0 Å². The Labute approximate surface area is 101 Å². The van der Waals surface area contributed by atoms with Gasteiger partial charge in [-0.3, -0.25) is 0 Å². The normalized spacial score (nSPS) is 11.6. The molecule has 0 N–H and O–H groups in total. The third kappa shape index (κ3) is 4.00. The lowest BCUT2D eigenvalue weighted by atomic mass is 10.3. The van der Waals surface area contributed by atoms with Crippen molar-refractivity contribution in [2.24, 2.45) is 0 Å². The highest BCUT2D eigenvalue weighted by atomic mass is 79.9. The van der Waals surface area contributed by atoms with Crippen molar-refractivity contribution in [1.82, 2.24) is 4.98 Å². The molecule has 0 saturated carbocycles. The lowest BCUT2D eigenvalue weighted by molar-refractivity contribution is -0.132. The van der Waals surface area contributed by atoms with E-state index in [2.05, 4.69) is 20.9 Å². The zero-order valence-corrected chi connectivity index (χ0v) is 10.6. The predicted octanol–water partition coefficient (Wildman–Crippen LogP) is 3.54. The Bertz CT molecular complexity index is 366. The van der Waals surface area contributed by atoms with E-state index in [-0.39, 0.29) is 6.54 Å². The van der Waals surface area contributed by atoms with Gasteiger partial charge in [-0.25, -0.2) is 4.98 Å². The number of halogens is 4. The molecule has 0 radical (unpaired) electrons. The van der Waals surface area contributed by atoms with Gasteiger partial charge in [-0.15, -0.1) is 0 Å². The SMILES string of the molecule is Cc1nc(N(C)CCC(F)(F)F)ccc1Br. The minimum atomic E-state index is -4.13. The second kappa shape index (κ2) is 5.03. The lowest BCUT2D eigenvalue weighted by Gasteiger charge is -2.19. The molecule has 0 spiro atoms. The zero-order chi connectivity index (χ0) is 12.3. The second-order valence-electron chi connectivity index (χ2n) is 3.52. The van der Waals surface area contributed by atoms with Gasteiger partial charge in [-0.2, -0.15) is 13.2 Å². The van der Waals surface area contributed by atoms with Gasteiger partial charge in [-0.05, 0) is 35.0 Å². The first kappa shape index (κ1) is 13.3. The maximum Gasteiger partial charge on any atom is 0.390 e. The Hall–Kier alpha value is -0.780. The van der Waals surface area contributed by atoms with Crippen LogP contribution >= 0.6 is 15.9 Å². The molecule has 0 aliphatic rings. The molecule has 0 bridgehead atoms. The van der Waals surface area contributed by atoms with Gasteiger partial charge in [0, 0.05) is 18.1 Å². The highest BCUT2D eigenvalue weighted by Crippen LogP contribution is 2.22. The molecule has 1 aromatic rings. The summed E-state index contributed by atoms with van der Waals surface area (Å²) in [5.74, 6) is 0.546. The van der Waals surface area contributed by atoms with Gasteiger partial charge in [0.15, 0.2) is 0 Å². The van der Waals surface area contributed by atoms with Crippen molar-refractivity contribution < 1.29 is 13.2 Å². The monoisotopic (exact) mass is 296 g/mol. The highest BCUT2D eigenvalue weighted by Gasteiger charge is 2.27. The molecule has 0 unspecified atom stereocenters. The highest BCUT2D eigenvalue weighted by molar-refractivity contribution is 9.10. The van der Waals surface area contributed by atoms with E-state index in [0.717, 1.165) is 10.2 Å². The largest absolute Gasteiger partial charge is 0.390 e. The van der Waals surface area contributed by atoms with Gasteiger partial charge in [-0.1, -0.05) is 0 Å². The molecule has 0 saturated heterocycles. The average Bonchev–Trinajstić information content (AvgIpc) is 2.17. The van der Waals surface area contributed by atoms with Crippen molar-refractivity contribution in [3.8, 4) is 0 Å². The third-order valence-corrected chi connectivity index (χ3v) is 2.97. The van der Waals surface area contributed by atoms with Crippen molar-refractivity contribution in [3.05, 3.63) is 22.3 Å². The topological polar surface area (TPSA) is 16.1 Å². The molecular formula is C10H12BrF3N2. The first-order valence-corrected chi connectivity index (χ1v) is 5.50. The fourth-order valence-electron chi connectivity index (χ4n) is 1.15. The standard InChI is InChI=1S/C10H12BrF3N2/c1-7-8(11)3-4-9(15-7)16(2)6-5-10(12,13)14/h3-4H,5-6H2,1-2H3. The molecule has 0 aliphatic carbocycles. The number of hydrogen-bond donors (Lipinski definition) is 0. The molecule has 0 aromatic carbocycles. The predicted molar refractivity (Wildman–Crippen MR) is 60.6 cm³/mol. The first-order valence-electron chi connectivity index (χ1n) is 4.70. The summed E-state index contributed by atoms with van der Waals surface area (Å²) in [5, 5.41) is 0. The van der Waals surface area contributed by atoms with Crippen molar-refractivity contribution in [1.29, 1.82) is 0 Å². The van der Waals surface area contributed by atoms with Crippen molar-refractivity contribution in [3.63, 3.8) is 0 Å². The molecule has 1 heterocycles. The summed E-state index contributed by atoms with van der Waals surface area (Å²) in [4.78, 5) is 5.68. The zero-order valence-electron chi connectivity index (χ0n) is 8.98. The number of anilines is 1. The molecule has 16 heavy (non-hydrogen) atoms. The summed E-state index contributed by atoms with van der Waals surface area (Å²) in [7, 11) is 1.60. The minimum Gasteiger partial charge on any atom is -0.359 e. The van der Waals surface area contributed by atoms with Crippen LogP contribution in [0.1, 0.15) is 12.1 Å². The van der Waals surface area contributed by atoms with Crippen molar-refractivity contribution in [2.45, 2.75) is 19.5 Å². The molecule has 6 heteroatoms. The summed E-state index contributed by atoms with van der Waals surface area (Å²) in [6.07, 6.45) is -4.96. The van der Waals surface area contributed by atoms with E-state index in [0.29, 0.717) is 5.82 Å². The van der Waals surface area contributed by atoms with Gasteiger partial charge in [0.1, 0.15) is 5.82 Å². The van der Waals surface area contributed by atoms with Crippen LogP contribution in [0.15, 0.2) is 16.6 Å². The van der Waals surface area contributed by atoms with Crippen LogP contribution in [0.4, 0.5) is 19.0 Å². The Balaban J connectivity index is 2.66. The van der Waals surface area contributed by atoms with Crippen LogP contribution in [0, 0.1) is 6.92 Å². The van der Waals surface area contributed by atoms with E-state index >= 15 is 0 Å². The molecule has 1 aromatic heterocycles. The van der Waals surface area contributed by atoms with Crippen molar-refractivity contribution >= 4 is 21.7 Å². The summed E-state index contributed by atoms with van der Waals surface area (Å²) in [6.45, 7) is 1.71. The molecule has 0 atom stereocenters. The molecule has 0 amide bonds. The Morgan fingerprint density at radius 1 is 1.38 bits per heavy atom. The van der Waals surface area contributed by atoms with Crippen LogP contribution in [-0.4, -0.2) is 24.8 Å². The number of alkyl halides is 3. The summed E-state index contributed by atoms with van der Waals surface area (Å²) < 4.78 is 36.9. The molecule has 0 aliphatic heterocycles. The van der Waals surface area contributed by atoms with Crippen molar-refractivity contribution in [2.75, 3.05) is 18.5 Å². The number of aryl methyl sites for hydroxylation is 1. The number of rotatable bonds is 3. The molecule has 2 nitrogen and oxygen atoms in total. The quantitative estimate of drug-likeness (QED) is 0.848. The van der Waals surface area contributed by atoms with E-state index < -0.39 is 12.6 Å². The Morgan fingerprint density at radius 2 is 2.00 bits per heavy atom. The van der Waals surface area contributed by atoms with E-state index in [1.807, 2.05) is 0 Å². The molecule has 90 valence electrons. The van der Waals surface area contributed by atoms with E-state index in [4.69, 9.17) is 0 Å². The van der Waals surface area contributed by atoms with Crippen LogP contribution in [0.3, 0.4) is 0 Å². The number of aromatic nitrogens is 1. The van der Waals surface area contributed by atoms with E-state index in [1.165, 1.54) is 4.90 Å². The summed E-state index contributed by atoms with van der Waals surface area (Å²) in [5.41, 5.74) is 0.761. The van der Waals surface area contributed by atoms with E-state index in [1.54, 1.807) is 26.1 Å². The lowest BCUT2D eigenvalue weighted by Crippen LogP contribution is -2.24. The average molecular weight is 297 g/mol. The Kier molecular flexibility index (Phi) is 4.18. The molecular weight excluding hydrogens is 285 g/mol. The molecule has 0 fully saturated rings. The fourth-order valence-corrected chi connectivity index (χ4v) is 1.37. The van der Waals surface area contributed by atoms with Gasteiger partial charge in [0.05, 0.1) is 12.1 Å². The molecule has 1 rings (SSSR count).